The molecule has 0 aliphatic rings. The molecule has 4 rings (SSSR count). The Morgan fingerprint density at radius 1 is 1.08 bits per heavy atom. The lowest BCUT2D eigenvalue weighted by Crippen LogP contribution is -2.37. The van der Waals surface area contributed by atoms with Gasteiger partial charge in [-0.1, -0.05) is 46.3 Å². The van der Waals surface area contributed by atoms with E-state index in [9.17, 15) is 14.7 Å². The quantitative estimate of drug-likeness (QED) is 0.254. The molecular formula is C30H31BrN2O4. The second-order valence-electron chi connectivity index (χ2n) is 9.85. The van der Waals surface area contributed by atoms with Crippen molar-refractivity contribution >= 4 is 38.7 Å². The molecule has 1 atom stereocenters. The first-order chi connectivity index (χ1) is 17.5. The van der Waals surface area contributed by atoms with E-state index in [2.05, 4.69) is 32.7 Å². The molecule has 0 fully saturated rings. The number of carbonyl (C=O) groups excluding carboxylic acids is 1. The number of hydrogen-bond acceptors (Lipinski definition) is 3. The summed E-state index contributed by atoms with van der Waals surface area (Å²) in [4.78, 5) is 24.5. The summed E-state index contributed by atoms with van der Waals surface area (Å²) in [6.07, 6.45) is 0.652. The fourth-order valence-corrected chi connectivity index (χ4v) is 4.82. The minimum atomic E-state index is -1.32. The number of ether oxygens (including phenoxy) is 1. The maximum absolute atomic E-state index is 13.1. The Balaban J connectivity index is 1.58. The van der Waals surface area contributed by atoms with Crippen molar-refractivity contribution in [2.45, 2.75) is 45.8 Å². The second-order valence-corrected chi connectivity index (χ2v) is 10.8. The van der Waals surface area contributed by atoms with Crippen molar-refractivity contribution in [1.82, 2.24) is 9.88 Å². The number of amides is 1. The number of fused-ring (bicyclic) bond motifs is 1. The smallest absolute Gasteiger partial charge is 0.347 e. The average molecular weight is 563 g/mol. The number of halogens is 1. The normalized spacial score (nSPS) is 12.4. The number of carboxylic acids is 1. The zero-order chi connectivity index (χ0) is 26.9. The molecule has 1 heterocycles. The standard InChI is InChI=1S/C30H31BrN2O4/c1-18(21-9-7-10-23(31)16-21)32-28(34)22-12-13-25-26(19(2)33(5)27(25)17-22)15-20-8-6-11-24(14-20)37-30(3,4)29(35)36/h6-14,16-18H,15H2,1-5H3,(H,32,34)(H,35,36)/t18-/m0/s1. The van der Waals surface area contributed by atoms with Crippen molar-refractivity contribution in [3.8, 4) is 5.75 Å². The summed E-state index contributed by atoms with van der Waals surface area (Å²) in [6, 6.07) is 21.1. The van der Waals surface area contributed by atoms with Crippen LogP contribution in [-0.2, 0) is 18.3 Å². The molecule has 1 aromatic heterocycles. The number of aryl methyl sites for hydroxylation is 1. The summed E-state index contributed by atoms with van der Waals surface area (Å²) in [7, 11) is 2.00. The van der Waals surface area contributed by atoms with E-state index in [0.717, 1.165) is 37.8 Å². The molecule has 6 nitrogen and oxygen atoms in total. The van der Waals surface area contributed by atoms with Crippen LogP contribution in [0, 0.1) is 6.92 Å². The Hall–Kier alpha value is -3.58. The van der Waals surface area contributed by atoms with Gasteiger partial charge in [-0.05, 0) is 87.2 Å². The molecule has 3 aromatic carbocycles. The van der Waals surface area contributed by atoms with Crippen LogP contribution in [0.4, 0.5) is 0 Å². The molecule has 2 N–H and O–H groups in total. The fourth-order valence-electron chi connectivity index (χ4n) is 4.41. The van der Waals surface area contributed by atoms with Gasteiger partial charge >= 0.3 is 5.97 Å². The highest BCUT2D eigenvalue weighted by Gasteiger charge is 2.29. The van der Waals surface area contributed by atoms with E-state index in [0.29, 0.717) is 17.7 Å². The van der Waals surface area contributed by atoms with Crippen LogP contribution < -0.4 is 10.1 Å². The minimum absolute atomic E-state index is 0.124. The van der Waals surface area contributed by atoms with Crippen molar-refractivity contribution in [2.75, 3.05) is 0 Å². The summed E-state index contributed by atoms with van der Waals surface area (Å²) < 4.78 is 8.80. The van der Waals surface area contributed by atoms with E-state index in [1.54, 1.807) is 6.07 Å². The van der Waals surface area contributed by atoms with Gasteiger partial charge in [-0.2, -0.15) is 0 Å². The van der Waals surface area contributed by atoms with Crippen molar-refractivity contribution < 1.29 is 19.4 Å². The first kappa shape index (κ1) is 26.5. The van der Waals surface area contributed by atoms with Crippen LogP contribution in [0.2, 0.25) is 0 Å². The molecule has 0 unspecified atom stereocenters. The van der Waals surface area contributed by atoms with E-state index >= 15 is 0 Å². The van der Waals surface area contributed by atoms with Gasteiger partial charge in [0, 0.05) is 33.7 Å². The van der Waals surface area contributed by atoms with Crippen LogP contribution in [0.25, 0.3) is 10.9 Å². The van der Waals surface area contributed by atoms with Crippen molar-refractivity contribution in [3.63, 3.8) is 0 Å². The fraction of sp³-hybridized carbons (Fsp3) is 0.267. The van der Waals surface area contributed by atoms with Gasteiger partial charge < -0.3 is 19.7 Å². The Kier molecular flexibility index (Phi) is 7.46. The minimum Gasteiger partial charge on any atom is -0.478 e. The molecule has 192 valence electrons. The van der Waals surface area contributed by atoms with E-state index < -0.39 is 11.6 Å². The molecule has 0 saturated heterocycles. The molecule has 0 bridgehead atoms. The molecule has 4 aromatic rings. The molecule has 37 heavy (non-hydrogen) atoms. The maximum Gasteiger partial charge on any atom is 0.347 e. The molecule has 0 aliphatic heterocycles. The van der Waals surface area contributed by atoms with Gasteiger partial charge in [-0.25, -0.2) is 4.79 Å². The number of aromatic nitrogens is 1. The zero-order valence-corrected chi connectivity index (χ0v) is 23.2. The second kappa shape index (κ2) is 10.4. The lowest BCUT2D eigenvalue weighted by molar-refractivity contribution is -0.152. The largest absolute Gasteiger partial charge is 0.478 e. The Morgan fingerprint density at radius 2 is 1.81 bits per heavy atom. The van der Waals surface area contributed by atoms with Gasteiger partial charge in [0.05, 0.1) is 6.04 Å². The lowest BCUT2D eigenvalue weighted by Gasteiger charge is -2.21. The summed E-state index contributed by atoms with van der Waals surface area (Å²) >= 11 is 3.49. The number of aliphatic carboxylic acids is 1. The Morgan fingerprint density at radius 3 is 2.51 bits per heavy atom. The van der Waals surface area contributed by atoms with Crippen LogP contribution in [0.15, 0.2) is 71.2 Å². The Bertz CT molecular complexity index is 1490. The van der Waals surface area contributed by atoms with Crippen LogP contribution >= 0.6 is 15.9 Å². The molecule has 0 radical (unpaired) electrons. The van der Waals surface area contributed by atoms with Crippen molar-refractivity contribution in [2.24, 2.45) is 7.05 Å². The third-order valence-electron chi connectivity index (χ3n) is 6.75. The topological polar surface area (TPSA) is 80.6 Å². The van der Waals surface area contributed by atoms with Gasteiger partial charge in [0.1, 0.15) is 5.75 Å². The van der Waals surface area contributed by atoms with Crippen LogP contribution in [0.1, 0.15) is 59.6 Å². The van der Waals surface area contributed by atoms with E-state index in [4.69, 9.17) is 4.74 Å². The lowest BCUT2D eigenvalue weighted by atomic mass is 10.0. The van der Waals surface area contributed by atoms with Gasteiger partial charge in [0.25, 0.3) is 5.91 Å². The van der Waals surface area contributed by atoms with E-state index in [-0.39, 0.29) is 11.9 Å². The van der Waals surface area contributed by atoms with Crippen LogP contribution in [-0.4, -0.2) is 27.2 Å². The van der Waals surface area contributed by atoms with Crippen LogP contribution in [0.5, 0.6) is 5.75 Å². The van der Waals surface area contributed by atoms with Gasteiger partial charge in [0.2, 0.25) is 0 Å². The first-order valence-electron chi connectivity index (χ1n) is 12.1. The van der Waals surface area contributed by atoms with Crippen molar-refractivity contribution in [1.29, 1.82) is 0 Å². The van der Waals surface area contributed by atoms with E-state index in [1.807, 2.05) is 74.6 Å². The van der Waals surface area contributed by atoms with Gasteiger partial charge in [-0.3, -0.25) is 4.79 Å². The number of hydrogen-bond donors (Lipinski definition) is 2. The van der Waals surface area contributed by atoms with Crippen LogP contribution in [0.3, 0.4) is 0 Å². The number of benzene rings is 3. The molecular weight excluding hydrogens is 532 g/mol. The SMILES string of the molecule is Cc1c(Cc2cccc(OC(C)(C)C(=O)O)c2)c2ccc(C(=O)N[C@@H](C)c3cccc(Br)c3)cc2n1C. The molecule has 0 saturated carbocycles. The predicted octanol–water partition coefficient (Wildman–Crippen LogP) is 6.57. The average Bonchev–Trinajstić information content (AvgIpc) is 3.08. The maximum atomic E-state index is 13.1. The summed E-state index contributed by atoms with van der Waals surface area (Å²) in [5.41, 5.74) is 4.56. The van der Waals surface area contributed by atoms with E-state index in [1.165, 1.54) is 13.8 Å². The third-order valence-corrected chi connectivity index (χ3v) is 7.24. The number of nitrogens with one attached hydrogen (secondary N) is 1. The summed E-state index contributed by atoms with van der Waals surface area (Å²) in [5, 5.41) is 13.6. The highest BCUT2D eigenvalue weighted by molar-refractivity contribution is 9.10. The van der Waals surface area contributed by atoms with Gasteiger partial charge in [-0.15, -0.1) is 0 Å². The number of nitrogens with zero attached hydrogens (tertiary/aromatic N) is 1. The predicted molar refractivity (Wildman–Crippen MR) is 149 cm³/mol. The monoisotopic (exact) mass is 562 g/mol. The third kappa shape index (κ3) is 5.72. The highest BCUT2D eigenvalue weighted by atomic mass is 79.9. The number of carboxylic acid groups (broad SMARTS) is 1. The van der Waals surface area contributed by atoms with Crippen molar-refractivity contribution in [3.05, 3.63) is 99.2 Å². The zero-order valence-electron chi connectivity index (χ0n) is 21.6. The number of carbonyl (C=O) groups is 2. The molecule has 0 spiro atoms. The summed E-state index contributed by atoms with van der Waals surface area (Å²) in [6.45, 7) is 7.10. The Labute approximate surface area is 225 Å². The molecule has 1 amide bonds. The summed E-state index contributed by atoms with van der Waals surface area (Å²) in [5.74, 6) is -0.629. The van der Waals surface area contributed by atoms with Gasteiger partial charge in [0.15, 0.2) is 5.60 Å². The molecule has 7 heteroatoms. The number of rotatable bonds is 8. The first-order valence-corrected chi connectivity index (χ1v) is 12.9. The highest BCUT2D eigenvalue weighted by Crippen LogP contribution is 2.30. The molecule has 0 aliphatic carbocycles.